The summed E-state index contributed by atoms with van der Waals surface area (Å²) >= 11 is 0. The highest BCUT2D eigenvalue weighted by molar-refractivity contribution is 6.06. The molecule has 6 heteroatoms. The largest absolute Gasteiger partial charge is 0.491 e. The minimum Gasteiger partial charge on any atom is -0.491 e. The number of ether oxygens (including phenoxy) is 2. The molecule has 35 heavy (non-hydrogen) atoms. The average molecular weight is 476 g/mol. The number of hydrogen-bond donors (Lipinski definition) is 2. The van der Waals surface area contributed by atoms with Crippen molar-refractivity contribution in [1.29, 1.82) is 0 Å². The molecular formula is C29H37N3O3. The minimum absolute atomic E-state index is 0.157. The topological polar surface area (TPSA) is 72.5 Å². The Labute approximate surface area is 208 Å². The lowest BCUT2D eigenvalue weighted by Crippen LogP contribution is -2.37. The zero-order valence-electron chi connectivity index (χ0n) is 21.5. The van der Waals surface area contributed by atoms with Gasteiger partial charge in [0.1, 0.15) is 12.4 Å². The van der Waals surface area contributed by atoms with Crippen molar-refractivity contribution in [3.05, 3.63) is 65.4 Å². The molecule has 1 fully saturated rings. The Morgan fingerprint density at radius 1 is 1.20 bits per heavy atom. The van der Waals surface area contributed by atoms with Crippen LogP contribution in [0.1, 0.15) is 62.0 Å². The van der Waals surface area contributed by atoms with Crippen LogP contribution in [0.5, 0.6) is 5.75 Å². The maximum atomic E-state index is 12.9. The number of nitrogens with zero attached hydrogens (tertiary/aromatic N) is 1. The van der Waals surface area contributed by atoms with Gasteiger partial charge in [0.05, 0.1) is 11.6 Å². The van der Waals surface area contributed by atoms with Gasteiger partial charge in [-0.15, -0.1) is 0 Å². The molecule has 1 saturated heterocycles. The Morgan fingerprint density at radius 2 is 1.97 bits per heavy atom. The lowest BCUT2D eigenvalue weighted by Gasteiger charge is -2.28. The predicted molar refractivity (Wildman–Crippen MR) is 141 cm³/mol. The second-order valence-corrected chi connectivity index (χ2v) is 10.5. The number of carbonyl (C=O) groups excluding carboxylic acids is 1. The lowest BCUT2D eigenvalue weighted by atomic mass is 9.88. The fourth-order valence-corrected chi connectivity index (χ4v) is 4.06. The summed E-state index contributed by atoms with van der Waals surface area (Å²) in [7, 11) is 0. The molecule has 2 N–H and O–H groups in total. The standard InChI is InChI=1S/C29H37N3O3/c1-19-26(13-10-23-15-21(17-31-27(19)23)16-30-20(2)29(3,4)5)32-28(33)22-8-11-24(12-9-22)35-18-25-7-6-14-34-25/h8-13,15,17,20,25,30H,6-7,14,16,18H2,1-5H3,(H,32,33)/t20-,25+/m1/s1. The van der Waals surface area contributed by atoms with Crippen LogP contribution >= 0.6 is 0 Å². The second-order valence-electron chi connectivity index (χ2n) is 10.5. The maximum Gasteiger partial charge on any atom is 0.255 e. The molecule has 186 valence electrons. The molecule has 4 rings (SSSR count). The molecule has 2 atom stereocenters. The summed E-state index contributed by atoms with van der Waals surface area (Å²) in [6.07, 6.45) is 4.21. The first-order valence-corrected chi connectivity index (χ1v) is 12.5. The molecule has 0 bridgehead atoms. The van der Waals surface area contributed by atoms with Crippen molar-refractivity contribution in [1.82, 2.24) is 10.3 Å². The summed E-state index contributed by atoms with van der Waals surface area (Å²) in [5, 5.41) is 7.69. The third-order valence-corrected chi connectivity index (χ3v) is 6.90. The van der Waals surface area contributed by atoms with E-state index in [-0.39, 0.29) is 17.4 Å². The average Bonchev–Trinajstić information content (AvgIpc) is 3.36. The highest BCUT2D eigenvalue weighted by atomic mass is 16.5. The highest BCUT2D eigenvalue weighted by Gasteiger charge is 2.19. The summed E-state index contributed by atoms with van der Waals surface area (Å²) in [4.78, 5) is 17.6. The molecule has 1 aliphatic heterocycles. The number of aryl methyl sites for hydroxylation is 1. The molecule has 0 saturated carbocycles. The number of rotatable bonds is 8. The number of nitrogens with one attached hydrogen (secondary N) is 2. The van der Waals surface area contributed by atoms with Crippen molar-refractivity contribution < 1.29 is 14.3 Å². The van der Waals surface area contributed by atoms with E-state index in [4.69, 9.17) is 14.5 Å². The van der Waals surface area contributed by atoms with E-state index in [1.165, 1.54) is 0 Å². The molecule has 0 aliphatic carbocycles. The maximum absolute atomic E-state index is 12.9. The van der Waals surface area contributed by atoms with E-state index in [0.717, 1.165) is 59.5 Å². The number of anilines is 1. The van der Waals surface area contributed by atoms with Crippen LogP contribution in [0.3, 0.4) is 0 Å². The number of amides is 1. The van der Waals surface area contributed by atoms with Crippen molar-refractivity contribution in [3.63, 3.8) is 0 Å². The predicted octanol–water partition coefficient (Wildman–Crippen LogP) is 5.88. The molecule has 1 aliphatic rings. The molecular weight excluding hydrogens is 438 g/mol. The van der Waals surface area contributed by atoms with Gasteiger partial charge in [-0.05, 0) is 79.6 Å². The molecule has 2 heterocycles. The van der Waals surface area contributed by atoms with Crippen molar-refractivity contribution >= 4 is 22.5 Å². The third-order valence-electron chi connectivity index (χ3n) is 6.90. The van der Waals surface area contributed by atoms with E-state index in [1.807, 2.05) is 37.4 Å². The molecule has 2 aromatic carbocycles. The first-order valence-electron chi connectivity index (χ1n) is 12.5. The number of benzene rings is 2. The summed E-state index contributed by atoms with van der Waals surface area (Å²) in [6, 6.07) is 13.7. The van der Waals surface area contributed by atoms with Gasteiger partial charge in [0, 0.05) is 42.0 Å². The van der Waals surface area contributed by atoms with Gasteiger partial charge in [-0.2, -0.15) is 0 Å². The zero-order valence-corrected chi connectivity index (χ0v) is 21.5. The molecule has 1 aromatic heterocycles. The fourth-order valence-electron chi connectivity index (χ4n) is 4.06. The Balaban J connectivity index is 1.39. The third kappa shape index (κ3) is 6.38. The molecule has 0 spiro atoms. The highest BCUT2D eigenvalue weighted by Crippen LogP contribution is 2.26. The van der Waals surface area contributed by atoms with Gasteiger partial charge in [0.25, 0.3) is 5.91 Å². The van der Waals surface area contributed by atoms with Crippen LogP contribution in [-0.2, 0) is 11.3 Å². The summed E-state index contributed by atoms with van der Waals surface area (Å²) in [6.45, 7) is 13.0. The van der Waals surface area contributed by atoms with Crippen LogP contribution in [-0.4, -0.2) is 36.3 Å². The smallest absolute Gasteiger partial charge is 0.255 e. The molecule has 3 aromatic rings. The Bertz CT molecular complexity index is 1160. The van der Waals surface area contributed by atoms with E-state index in [9.17, 15) is 4.79 Å². The summed E-state index contributed by atoms with van der Waals surface area (Å²) < 4.78 is 11.4. The fraction of sp³-hybridized carbons (Fsp3) is 0.448. The van der Waals surface area contributed by atoms with Crippen LogP contribution < -0.4 is 15.4 Å². The van der Waals surface area contributed by atoms with Gasteiger partial charge in [-0.3, -0.25) is 9.78 Å². The Hall–Kier alpha value is -2.96. The Morgan fingerprint density at radius 3 is 2.66 bits per heavy atom. The molecule has 0 radical (unpaired) electrons. The first kappa shape index (κ1) is 25.1. The van der Waals surface area contributed by atoms with Gasteiger partial charge < -0.3 is 20.1 Å². The zero-order chi connectivity index (χ0) is 25.0. The monoisotopic (exact) mass is 475 g/mol. The van der Waals surface area contributed by atoms with Crippen LogP contribution in [0.25, 0.3) is 10.9 Å². The van der Waals surface area contributed by atoms with Crippen molar-refractivity contribution in [2.75, 3.05) is 18.5 Å². The quantitative estimate of drug-likeness (QED) is 0.426. The van der Waals surface area contributed by atoms with Crippen molar-refractivity contribution in [3.8, 4) is 5.75 Å². The van der Waals surface area contributed by atoms with Gasteiger partial charge in [0.2, 0.25) is 0 Å². The SMILES string of the molecule is Cc1c(NC(=O)c2ccc(OC[C@@H]3CCCO3)cc2)ccc2cc(CN[C@H](C)C(C)(C)C)cnc12. The minimum atomic E-state index is -0.157. The van der Waals surface area contributed by atoms with E-state index in [1.54, 1.807) is 12.1 Å². The second kappa shape index (κ2) is 10.8. The van der Waals surface area contributed by atoms with E-state index in [2.05, 4.69) is 44.4 Å². The van der Waals surface area contributed by atoms with Crippen LogP contribution in [0, 0.1) is 12.3 Å². The number of aromatic nitrogens is 1. The summed E-state index contributed by atoms with van der Waals surface area (Å²) in [5.74, 6) is 0.584. The van der Waals surface area contributed by atoms with Crippen molar-refractivity contribution in [2.45, 2.75) is 66.2 Å². The van der Waals surface area contributed by atoms with Crippen LogP contribution in [0.15, 0.2) is 48.7 Å². The summed E-state index contributed by atoms with van der Waals surface area (Å²) in [5.41, 5.74) is 4.54. The van der Waals surface area contributed by atoms with Crippen LogP contribution in [0.2, 0.25) is 0 Å². The van der Waals surface area contributed by atoms with E-state index >= 15 is 0 Å². The Kier molecular flexibility index (Phi) is 7.72. The number of fused-ring (bicyclic) bond motifs is 1. The normalized spacial score (nSPS) is 16.9. The number of carbonyl (C=O) groups is 1. The lowest BCUT2D eigenvalue weighted by molar-refractivity contribution is 0.0679. The number of hydrogen-bond acceptors (Lipinski definition) is 5. The van der Waals surface area contributed by atoms with Crippen molar-refractivity contribution in [2.24, 2.45) is 5.41 Å². The molecule has 6 nitrogen and oxygen atoms in total. The molecule has 0 unspecified atom stereocenters. The van der Waals surface area contributed by atoms with Gasteiger partial charge in [0.15, 0.2) is 0 Å². The van der Waals surface area contributed by atoms with Crippen LogP contribution in [0.4, 0.5) is 5.69 Å². The van der Waals surface area contributed by atoms with Gasteiger partial charge in [-0.1, -0.05) is 26.8 Å². The number of pyridine rings is 1. The van der Waals surface area contributed by atoms with E-state index < -0.39 is 0 Å². The van der Waals surface area contributed by atoms with E-state index in [0.29, 0.717) is 18.2 Å². The van der Waals surface area contributed by atoms with Gasteiger partial charge in [-0.25, -0.2) is 0 Å². The molecule has 1 amide bonds. The first-order chi connectivity index (χ1) is 16.7. The van der Waals surface area contributed by atoms with Gasteiger partial charge >= 0.3 is 0 Å².